The molecular weight excluding hydrogens is 184 g/mol. The van der Waals surface area contributed by atoms with Crippen molar-refractivity contribution in [2.75, 3.05) is 0 Å². The predicted octanol–water partition coefficient (Wildman–Crippen LogP) is 4.05. The van der Waals surface area contributed by atoms with Crippen molar-refractivity contribution in [3.8, 4) is 0 Å². The number of hydrogen-bond acceptors (Lipinski definition) is 1. The van der Waals surface area contributed by atoms with Gasteiger partial charge < -0.3 is 0 Å². The highest BCUT2D eigenvalue weighted by atomic mass is 16.1. The summed E-state index contributed by atoms with van der Waals surface area (Å²) >= 11 is 0. The van der Waals surface area contributed by atoms with E-state index in [1.165, 1.54) is 12.8 Å². The number of Topliss-reactive ketones (excluding diaryl/α,β-unsaturated/α-hetero) is 1. The van der Waals surface area contributed by atoms with E-state index in [1.807, 2.05) is 0 Å². The lowest BCUT2D eigenvalue weighted by atomic mass is 10.1. The van der Waals surface area contributed by atoms with Gasteiger partial charge in [-0.1, -0.05) is 45.8 Å². The van der Waals surface area contributed by atoms with E-state index in [9.17, 15) is 4.79 Å². The van der Waals surface area contributed by atoms with Crippen LogP contribution in [0.1, 0.15) is 52.9 Å². The van der Waals surface area contributed by atoms with Gasteiger partial charge in [0.05, 0.1) is 0 Å². The van der Waals surface area contributed by atoms with Crippen molar-refractivity contribution < 1.29 is 4.79 Å². The molecule has 0 spiro atoms. The highest BCUT2D eigenvalue weighted by Gasteiger charge is 2.22. The van der Waals surface area contributed by atoms with E-state index in [1.54, 1.807) is 0 Å². The van der Waals surface area contributed by atoms with Crippen molar-refractivity contribution in [3.63, 3.8) is 0 Å². The molecule has 0 aromatic rings. The van der Waals surface area contributed by atoms with Crippen LogP contribution in [0.15, 0.2) is 23.3 Å². The zero-order valence-electron chi connectivity index (χ0n) is 10.2. The second kappa shape index (κ2) is 5.89. The molecule has 1 heteroatoms. The minimum absolute atomic E-state index is 0.305. The Hall–Kier alpha value is -0.850. The molecule has 0 saturated heterocycles. The normalized spacial score (nSPS) is 22.3. The Morgan fingerprint density at radius 2 is 1.93 bits per heavy atom. The van der Waals surface area contributed by atoms with E-state index in [0.717, 1.165) is 30.4 Å². The molecule has 0 bridgehead atoms. The molecule has 0 amide bonds. The molecule has 0 aromatic heterocycles. The highest BCUT2D eigenvalue weighted by Crippen LogP contribution is 2.27. The Balaban J connectivity index is 2.60. The van der Waals surface area contributed by atoms with Crippen molar-refractivity contribution in [1.29, 1.82) is 0 Å². The van der Waals surface area contributed by atoms with E-state index in [-0.39, 0.29) is 0 Å². The zero-order chi connectivity index (χ0) is 11.3. The number of unbranched alkanes of at least 4 members (excludes halogenated alkanes) is 2. The Morgan fingerprint density at radius 1 is 1.27 bits per heavy atom. The summed E-state index contributed by atoms with van der Waals surface area (Å²) in [4.78, 5) is 11.9. The molecule has 1 fully saturated rings. The maximum atomic E-state index is 11.9. The first kappa shape index (κ1) is 12.2. The summed E-state index contributed by atoms with van der Waals surface area (Å²) in [6.45, 7) is 6.43. The summed E-state index contributed by atoms with van der Waals surface area (Å²) < 4.78 is 0. The fourth-order valence-corrected chi connectivity index (χ4v) is 1.94. The summed E-state index contributed by atoms with van der Waals surface area (Å²) in [6, 6.07) is 0. The standard InChI is InChI=1S/C14H22O/c1-4-5-6-7-12-8-9-13(14(12)15)10-11(2)3/h7,10-11H,4-6,8-9H2,1-3H3. The van der Waals surface area contributed by atoms with Crippen LogP contribution in [0.4, 0.5) is 0 Å². The molecule has 0 N–H and O–H groups in total. The van der Waals surface area contributed by atoms with Crippen LogP contribution in [-0.2, 0) is 4.79 Å². The van der Waals surface area contributed by atoms with Gasteiger partial charge in [-0.3, -0.25) is 4.79 Å². The van der Waals surface area contributed by atoms with Crippen LogP contribution in [0.2, 0.25) is 0 Å². The lowest BCUT2D eigenvalue weighted by Crippen LogP contribution is -1.97. The van der Waals surface area contributed by atoms with Gasteiger partial charge in [0, 0.05) is 0 Å². The minimum atomic E-state index is 0.305. The van der Waals surface area contributed by atoms with E-state index in [4.69, 9.17) is 0 Å². The summed E-state index contributed by atoms with van der Waals surface area (Å²) in [6.07, 6.45) is 9.63. The Morgan fingerprint density at radius 3 is 2.53 bits per heavy atom. The van der Waals surface area contributed by atoms with E-state index in [0.29, 0.717) is 11.7 Å². The zero-order valence-corrected chi connectivity index (χ0v) is 10.2. The van der Waals surface area contributed by atoms with Crippen LogP contribution in [0.3, 0.4) is 0 Å². The average molecular weight is 206 g/mol. The first-order valence-corrected chi connectivity index (χ1v) is 6.09. The minimum Gasteiger partial charge on any atom is -0.289 e. The fourth-order valence-electron chi connectivity index (χ4n) is 1.94. The molecule has 0 unspecified atom stereocenters. The quantitative estimate of drug-likeness (QED) is 0.501. The molecule has 1 saturated carbocycles. The maximum absolute atomic E-state index is 11.9. The first-order chi connectivity index (χ1) is 7.15. The first-order valence-electron chi connectivity index (χ1n) is 6.09. The van der Waals surface area contributed by atoms with Crippen molar-refractivity contribution in [2.24, 2.45) is 5.92 Å². The third-order valence-corrected chi connectivity index (χ3v) is 2.73. The summed E-state index contributed by atoms with van der Waals surface area (Å²) in [7, 11) is 0. The van der Waals surface area contributed by atoms with Gasteiger partial charge in [0.25, 0.3) is 0 Å². The third kappa shape index (κ3) is 3.65. The number of allylic oxidation sites excluding steroid dienone is 4. The van der Waals surface area contributed by atoms with Crippen LogP contribution in [0, 0.1) is 5.92 Å². The molecular formula is C14H22O. The second-order valence-corrected chi connectivity index (χ2v) is 4.64. The molecule has 1 nitrogen and oxygen atoms in total. The molecule has 1 aliphatic rings. The third-order valence-electron chi connectivity index (χ3n) is 2.73. The van der Waals surface area contributed by atoms with E-state index < -0.39 is 0 Å². The number of ketones is 1. The van der Waals surface area contributed by atoms with Crippen LogP contribution in [0.25, 0.3) is 0 Å². The lowest BCUT2D eigenvalue weighted by Gasteiger charge is -1.98. The second-order valence-electron chi connectivity index (χ2n) is 4.64. The van der Waals surface area contributed by atoms with Gasteiger partial charge in [-0.2, -0.15) is 0 Å². The molecule has 1 rings (SSSR count). The smallest absolute Gasteiger partial charge is 0.184 e. The van der Waals surface area contributed by atoms with Crippen molar-refractivity contribution in [2.45, 2.75) is 52.9 Å². The van der Waals surface area contributed by atoms with Crippen LogP contribution in [-0.4, -0.2) is 5.78 Å². The van der Waals surface area contributed by atoms with Crippen molar-refractivity contribution >= 4 is 5.78 Å². The van der Waals surface area contributed by atoms with Gasteiger partial charge in [0.2, 0.25) is 0 Å². The van der Waals surface area contributed by atoms with Crippen LogP contribution in [0.5, 0.6) is 0 Å². The summed E-state index contributed by atoms with van der Waals surface area (Å²) in [5.74, 6) is 0.791. The molecule has 0 heterocycles. The summed E-state index contributed by atoms with van der Waals surface area (Å²) in [5, 5.41) is 0. The number of rotatable bonds is 4. The van der Waals surface area contributed by atoms with E-state index in [2.05, 4.69) is 32.9 Å². The number of carbonyl (C=O) groups excluding carboxylic acids is 1. The van der Waals surface area contributed by atoms with Crippen LogP contribution >= 0.6 is 0 Å². The summed E-state index contributed by atoms with van der Waals surface area (Å²) in [5.41, 5.74) is 2.09. The van der Waals surface area contributed by atoms with Crippen LogP contribution < -0.4 is 0 Å². The van der Waals surface area contributed by atoms with Gasteiger partial charge in [-0.15, -0.1) is 0 Å². The lowest BCUT2D eigenvalue weighted by molar-refractivity contribution is -0.111. The fraction of sp³-hybridized carbons (Fsp3) is 0.643. The molecule has 0 aliphatic heterocycles. The number of carbonyl (C=O) groups is 1. The molecule has 15 heavy (non-hydrogen) atoms. The predicted molar refractivity (Wildman–Crippen MR) is 64.8 cm³/mol. The Bertz CT molecular complexity index is 282. The Kier molecular flexibility index (Phi) is 4.80. The van der Waals surface area contributed by atoms with E-state index >= 15 is 0 Å². The highest BCUT2D eigenvalue weighted by molar-refractivity contribution is 6.10. The molecule has 1 aliphatic carbocycles. The van der Waals surface area contributed by atoms with Gasteiger partial charge in [0.15, 0.2) is 5.78 Å². The average Bonchev–Trinajstić information content (AvgIpc) is 2.49. The molecule has 84 valence electrons. The van der Waals surface area contributed by atoms with Crippen molar-refractivity contribution in [1.82, 2.24) is 0 Å². The van der Waals surface area contributed by atoms with Crippen molar-refractivity contribution in [3.05, 3.63) is 23.3 Å². The van der Waals surface area contributed by atoms with Gasteiger partial charge >= 0.3 is 0 Å². The maximum Gasteiger partial charge on any atom is 0.184 e. The SMILES string of the molecule is CCCCC=C1CCC(=CC(C)C)C1=O. The molecule has 0 radical (unpaired) electrons. The van der Waals surface area contributed by atoms with Gasteiger partial charge in [-0.25, -0.2) is 0 Å². The largest absolute Gasteiger partial charge is 0.289 e. The topological polar surface area (TPSA) is 17.1 Å². The molecule has 0 aromatic carbocycles. The van der Waals surface area contributed by atoms with Gasteiger partial charge in [-0.05, 0) is 36.3 Å². The molecule has 0 atom stereocenters. The number of hydrogen-bond donors (Lipinski definition) is 0. The Labute approximate surface area is 93.3 Å². The van der Waals surface area contributed by atoms with Gasteiger partial charge in [0.1, 0.15) is 0 Å². The monoisotopic (exact) mass is 206 g/mol.